The van der Waals surface area contributed by atoms with Gasteiger partial charge < -0.3 is 5.32 Å². The lowest BCUT2D eigenvalue weighted by Gasteiger charge is -2.30. The summed E-state index contributed by atoms with van der Waals surface area (Å²) in [6, 6.07) is 8.17. The maximum atomic E-state index is 13.4. The van der Waals surface area contributed by atoms with Crippen LogP contribution in [0, 0.1) is 5.82 Å². The number of piperidine rings is 1. The molecule has 0 aliphatic carbocycles. The van der Waals surface area contributed by atoms with E-state index in [0.29, 0.717) is 37.6 Å². The number of rotatable bonds is 5. The molecule has 3 aromatic heterocycles. The fourth-order valence-electron chi connectivity index (χ4n) is 3.91. The molecule has 1 aromatic carbocycles. The lowest BCUT2D eigenvalue weighted by molar-refractivity contribution is 0.331. The fourth-order valence-corrected chi connectivity index (χ4v) is 5.50. The van der Waals surface area contributed by atoms with Gasteiger partial charge in [0.2, 0.25) is 16.0 Å². The summed E-state index contributed by atoms with van der Waals surface area (Å²) >= 11 is 1.51. The Kier molecular flexibility index (Phi) is 5.39. The van der Waals surface area contributed by atoms with Gasteiger partial charge in [-0.25, -0.2) is 32.1 Å². The quantitative estimate of drug-likeness (QED) is 0.478. The summed E-state index contributed by atoms with van der Waals surface area (Å²) in [4.78, 5) is 14.6. The molecule has 8 nitrogen and oxygen atoms in total. The van der Waals surface area contributed by atoms with Crippen LogP contribution in [0.25, 0.3) is 27.6 Å². The molecule has 0 spiro atoms. The van der Waals surface area contributed by atoms with Gasteiger partial charge >= 0.3 is 0 Å². The van der Waals surface area contributed by atoms with Gasteiger partial charge in [0.25, 0.3) is 0 Å². The topological polar surface area (TPSA) is 92.5 Å². The van der Waals surface area contributed by atoms with Crippen LogP contribution in [-0.4, -0.2) is 57.5 Å². The summed E-state index contributed by atoms with van der Waals surface area (Å²) < 4.78 is 40.4. The Morgan fingerprint density at radius 2 is 1.88 bits per heavy atom. The number of nitrogens with one attached hydrogen (secondary N) is 1. The van der Waals surface area contributed by atoms with E-state index in [-0.39, 0.29) is 11.9 Å². The van der Waals surface area contributed by atoms with Crippen molar-refractivity contribution < 1.29 is 12.8 Å². The zero-order chi connectivity index (χ0) is 22.3. The first kappa shape index (κ1) is 21.0. The van der Waals surface area contributed by atoms with Crippen LogP contribution in [0.3, 0.4) is 0 Å². The summed E-state index contributed by atoms with van der Waals surface area (Å²) in [6.45, 7) is 0.951. The number of aromatic nitrogens is 4. The number of thiazole rings is 1. The van der Waals surface area contributed by atoms with Crippen molar-refractivity contribution in [2.45, 2.75) is 18.9 Å². The first-order chi connectivity index (χ1) is 15.4. The molecular formula is C21H21FN6O2S2. The molecule has 0 unspecified atom stereocenters. The van der Waals surface area contributed by atoms with Crippen LogP contribution in [0.1, 0.15) is 12.8 Å². The summed E-state index contributed by atoms with van der Waals surface area (Å²) in [7, 11) is -3.17. The third-order valence-corrected chi connectivity index (χ3v) is 7.59. The van der Waals surface area contributed by atoms with Crippen LogP contribution in [0.5, 0.6) is 0 Å². The van der Waals surface area contributed by atoms with Gasteiger partial charge in [-0.15, -0.1) is 11.3 Å². The van der Waals surface area contributed by atoms with Crippen LogP contribution in [0.4, 0.5) is 10.3 Å². The molecule has 0 atom stereocenters. The van der Waals surface area contributed by atoms with Crippen molar-refractivity contribution in [2.24, 2.45) is 0 Å². The smallest absolute Gasteiger partial charge is 0.223 e. The van der Waals surface area contributed by atoms with Crippen LogP contribution < -0.4 is 5.32 Å². The molecule has 1 fully saturated rings. The van der Waals surface area contributed by atoms with Gasteiger partial charge in [0, 0.05) is 42.5 Å². The predicted molar refractivity (Wildman–Crippen MR) is 123 cm³/mol. The second kappa shape index (κ2) is 8.23. The lowest BCUT2D eigenvalue weighted by Crippen LogP contribution is -2.42. The van der Waals surface area contributed by atoms with Crippen molar-refractivity contribution in [1.29, 1.82) is 0 Å². The second-order valence-corrected chi connectivity index (χ2v) is 10.6. The first-order valence-electron chi connectivity index (χ1n) is 10.1. The highest BCUT2D eigenvalue weighted by molar-refractivity contribution is 7.88. The van der Waals surface area contributed by atoms with Crippen molar-refractivity contribution in [3.8, 4) is 22.6 Å². The monoisotopic (exact) mass is 472 g/mol. The summed E-state index contributed by atoms with van der Waals surface area (Å²) in [6.07, 6.45) is 6.23. The Balaban J connectivity index is 1.44. The molecule has 1 aliphatic heterocycles. The zero-order valence-electron chi connectivity index (χ0n) is 17.3. The largest absolute Gasteiger partial charge is 0.351 e. The van der Waals surface area contributed by atoms with E-state index in [2.05, 4.69) is 10.3 Å². The number of imidazole rings is 1. The molecule has 1 N–H and O–H groups in total. The number of halogens is 1. The van der Waals surface area contributed by atoms with E-state index in [1.807, 2.05) is 22.0 Å². The Bertz CT molecular complexity index is 1360. The van der Waals surface area contributed by atoms with E-state index in [9.17, 15) is 12.8 Å². The van der Waals surface area contributed by atoms with E-state index >= 15 is 0 Å². The number of hydrogen-bond donors (Lipinski definition) is 1. The van der Waals surface area contributed by atoms with E-state index in [0.717, 1.165) is 21.9 Å². The SMILES string of the molecule is CS(=O)(=O)N1CCC(Nc2nccc(-c3c(-c4ccc(F)cc4)nc4sccn34)n2)CC1. The minimum Gasteiger partial charge on any atom is -0.351 e. The third-order valence-electron chi connectivity index (χ3n) is 5.53. The molecule has 0 bridgehead atoms. The number of nitrogens with zero attached hydrogens (tertiary/aromatic N) is 5. The number of sulfonamides is 1. The Hall–Kier alpha value is -2.89. The van der Waals surface area contributed by atoms with Crippen LogP contribution in [0.2, 0.25) is 0 Å². The molecule has 0 amide bonds. The molecule has 0 saturated carbocycles. The van der Waals surface area contributed by atoms with Crippen LogP contribution in [0.15, 0.2) is 48.1 Å². The molecule has 11 heteroatoms. The number of fused-ring (bicyclic) bond motifs is 1. The molecule has 1 saturated heterocycles. The van der Waals surface area contributed by atoms with Crippen molar-refractivity contribution in [1.82, 2.24) is 23.7 Å². The lowest BCUT2D eigenvalue weighted by atomic mass is 10.1. The normalized spacial score (nSPS) is 15.9. The minimum atomic E-state index is -3.17. The molecule has 5 rings (SSSR count). The van der Waals surface area contributed by atoms with Crippen molar-refractivity contribution in [3.63, 3.8) is 0 Å². The van der Waals surface area contributed by atoms with Crippen molar-refractivity contribution in [3.05, 3.63) is 53.9 Å². The van der Waals surface area contributed by atoms with Gasteiger partial charge in [0.1, 0.15) is 11.5 Å². The standard InChI is InChI=1S/C21H21FN6O2S2/c1-32(29,30)27-10-7-16(8-11-27)24-20-23-9-6-17(25-20)19-18(14-2-4-15(22)5-3-14)26-21-28(19)12-13-31-21/h2-6,9,12-13,16H,7-8,10-11H2,1H3,(H,23,24,25). The van der Waals surface area contributed by atoms with Gasteiger partial charge in [-0.05, 0) is 43.2 Å². The Labute approximate surface area is 188 Å². The number of anilines is 1. The van der Waals surface area contributed by atoms with E-state index < -0.39 is 10.0 Å². The summed E-state index contributed by atoms with van der Waals surface area (Å²) in [5.41, 5.74) is 3.04. The second-order valence-electron chi connectivity index (χ2n) is 7.72. The van der Waals surface area contributed by atoms with E-state index in [1.165, 1.54) is 34.0 Å². The van der Waals surface area contributed by atoms with Gasteiger partial charge in [-0.3, -0.25) is 4.40 Å². The molecule has 0 radical (unpaired) electrons. The molecule has 32 heavy (non-hydrogen) atoms. The average Bonchev–Trinajstić information content (AvgIpc) is 3.35. The third kappa shape index (κ3) is 4.10. The Morgan fingerprint density at radius 3 is 2.59 bits per heavy atom. The first-order valence-corrected chi connectivity index (χ1v) is 12.9. The predicted octanol–water partition coefficient (Wildman–Crippen LogP) is 3.49. The van der Waals surface area contributed by atoms with E-state index in [1.54, 1.807) is 18.3 Å². The minimum absolute atomic E-state index is 0.0893. The van der Waals surface area contributed by atoms with E-state index in [4.69, 9.17) is 9.97 Å². The highest BCUT2D eigenvalue weighted by atomic mass is 32.2. The van der Waals surface area contributed by atoms with Gasteiger partial charge in [-0.2, -0.15) is 0 Å². The van der Waals surface area contributed by atoms with Gasteiger partial charge in [-0.1, -0.05) is 0 Å². The summed E-state index contributed by atoms with van der Waals surface area (Å²) in [5.74, 6) is 0.183. The molecule has 4 heterocycles. The van der Waals surface area contributed by atoms with Gasteiger partial charge in [0.15, 0.2) is 4.96 Å². The molecule has 4 aromatic rings. The highest BCUT2D eigenvalue weighted by Gasteiger charge is 2.25. The Morgan fingerprint density at radius 1 is 1.12 bits per heavy atom. The van der Waals surface area contributed by atoms with Crippen LogP contribution in [-0.2, 0) is 10.0 Å². The zero-order valence-corrected chi connectivity index (χ0v) is 18.9. The van der Waals surface area contributed by atoms with Gasteiger partial charge in [0.05, 0.1) is 17.6 Å². The summed E-state index contributed by atoms with van der Waals surface area (Å²) in [5, 5.41) is 5.30. The highest BCUT2D eigenvalue weighted by Crippen LogP contribution is 2.33. The fraction of sp³-hybridized carbons (Fsp3) is 0.286. The molecule has 166 valence electrons. The average molecular weight is 473 g/mol. The maximum absolute atomic E-state index is 13.4. The number of benzene rings is 1. The maximum Gasteiger partial charge on any atom is 0.223 e. The van der Waals surface area contributed by atoms with Crippen molar-refractivity contribution in [2.75, 3.05) is 24.7 Å². The molecule has 1 aliphatic rings. The number of hydrogen-bond acceptors (Lipinski definition) is 7. The molecular weight excluding hydrogens is 451 g/mol. The van der Waals surface area contributed by atoms with Crippen LogP contribution >= 0.6 is 11.3 Å². The van der Waals surface area contributed by atoms with Crippen molar-refractivity contribution >= 4 is 32.3 Å².